The van der Waals surface area contributed by atoms with Gasteiger partial charge < -0.3 is 10.8 Å². The number of hydrogen-bond acceptors (Lipinski definition) is 3. The monoisotopic (exact) mass is 227 g/mol. The highest BCUT2D eigenvalue weighted by Gasteiger charge is 2.08. The number of phenols is 1. The van der Waals surface area contributed by atoms with Crippen molar-refractivity contribution in [1.29, 1.82) is 0 Å². The van der Waals surface area contributed by atoms with Crippen LogP contribution in [0.25, 0.3) is 10.8 Å². The molecule has 0 spiro atoms. The number of benzene rings is 2. The van der Waals surface area contributed by atoms with Crippen LogP contribution < -0.4 is 5.73 Å². The third-order valence-corrected chi connectivity index (χ3v) is 2.76. The molecule has 17 heavy (non-hydrogen) atoms. The maximum Gasteiger partial charge on any atom is 0.147 e. The molecule has 0 atom stereocenters. The Morgan fingerprint density at radius 1 is 1.24 bits per heavy atom. The van der Waals surface area contributed by atoms with Gasteiger partial charge in [0.2, 0.25) is 0 Å². The first kappa shape index (κ1) is 11.2. The van der Waals surface area contributed by atoms with E-state index in [2.05, 4.69) is 0 Å². The van der Waals surface area contributed by atoms with Gasteiger partial charge in [-0.05, 0) is 16.8 Å². The van der Waals surface area contributed by atoms with E-state index in [0.29, 0.717) is 18.3 Å². The molecule has 0 saturated carbocycles. The minimum atomic E-state index is 0.185. The zero-order valence-corrected chi connectivity index (χ0v) is 9.26. The molecule has 0 heterocycles. The van der Waals surface area contributed by atoms with E-state index in [1.54, 1.807) is 6.07 Å². The zero-order chi connectivity index (χ0) is 12.3. The third kappa shape index (κ3) is 2.13. The molecule has 3 N–H and O–H groups in total. The van der Waals surface area contributed by atoms with Gasteiger partial charge in [0, 0.05) is 23.8 Å². The summed E-state index contributed by atoms with van der Waals surface area (Å²) in [6.45, 7) is 0. The standard InChI is InChI=1S/C14H13NO2/c15-8-10(9-16)7-13-12-4-2-1-3-11(12)5-6-14(13)17/h1-6,8-9,17H,7,15H2/b10-8-. The largest absolute Gasteiger partial charge is 0.508 e. The molecule has 3 heteroatoms. The third-order valence-electron chi connectivity index (χ3n) is 2.76. The van der Waals surface area contributed by atoms with Gasteiger partial charge in [0.1, 0.15) is 12.0 Å². The fourth-order valence-electron chi connectivity index (χ4n) is 1.85. The number of hydrogen-bond donors (Lipinski definition) is 2. The lowest BCUT2D eigenvalue weighted by Gasteiger charge is -2.08. The van der Waals surface area contributed by atoms with Crippen molar-refractivity contribution in [3.05, 3.63) is 53.7 Å². The number of aromatic hydroxyl groups is 1. The highest BCUT2D eigenvalue weighted by molar-refractivity contribution is 5.89. The molecule has 0 fully saturated rings. The van der Waals surface area contributed by atoms with Crippen LogP contribution in [0, 0.1) is 0 Å². The number of nitrogens with two attached hydrogens (primary N) is 1. The predicted molar refractivity (Wildman–Crippen MR) is 67.7 cm³/mol. The Kier molecular flexibility index (Phi) is 3.10. The van der Waals surface area contributed by atoms with E-state index >= 15 is 0 Å². The summed E-state index contributed by atoms with van der Waals surface area (Å²) in [5.74, 6) is 0.185. The second kappa shape index (κ2) is 4.70. The van der Waals surface area contributed by atoms with E-state index in [1.807, 2.05) is 30.3 Å². The molecule has 0 amide bonds. The minimum absolute atomic E-state index is 0.185. The van der Waals surface area contributed by atoms with Crippen LogP contribution in [0.4, 0.5) is 0 Å². The van der Waals surface area contributed by atoms with Crippen LogP contribution in [0.1, 0.15) is 5.56 Å². The van der Waals surface area contributed by atoms with Crippen LogP contribution in [0.3, 0.4) is 0 Å². The summed E-state index contributed by atoms with van der Waals surface area (Å²) >= 11 is 0. The molecule has 0 aliphatic carbocycles. The summed E-state index contributed by atoms with van der Waals surface area (Å²) < 4.78 is 0. The SMILES string of the molecule is N/C=C(\C=O)Cc1c(O)ccc2ccccc12. The first-order valence-corrected chi connectivity index (χ1v) is 5.32. The molecule has 0 aliphatic rings. The van der Waals surface area contributed by atoms with Crippen molar-refractivity contribution in [3.63, 3.8) is 0 Å². The van der Waals surface area contributed by atoms with E-state index in [0.717, 1.165) is 16.3 Å². The smallest absolute Gasteiger partial charge is 0.147 e. The van der Waals surface area contributed by atoms with E-state index in [-0.39, 0.29) is 5.75 Å². The Hall–Kier alpha value is -2.29. The highest BCUT2D eigenvalue weighted by Crippen LogP contribution is 2.28. The Morgan fingerprint density at radius 2 is 2.00 bits per heavy atom. The summed E-state index contributed by atoms with van der Waals surface area (Å²) in [6, 6.07) is 11.2. The summed E-state index contributed by atoms with van der Waals surface area (Å²) in [4.78, 5) is 10.8. The fourth-order valence-corrected chi connectivity index (χ4v) is 1.85. The van der Waals surface area contributed by atoms with Crippen LogP contribution in [0.15, 0.2) is 48.2 Å². The second-order valence-electron chi connectivity index (χ2n) is 3.82. The Labute approximate surface area is 99.2 Å². The van der Waals surface area contributed by atoms with Crippen LogP contribution >= 0.6 is 0 Å². The summed E-state index contributed by atoms with van der Waals surface area (Å²) in [5, 5.41) is 11.8. The first-order valence-electron chi connectivity index (χ1n) is 5.32. The van der Waals surface area contributed by atoms with Crippen molar-refractivity contribution in [1.82, 2.24) is 0 Å². The van der Waals surface area contributed by atoms with Gasteiger partial charge in [-0.2, -0.15) is 0 Å². The normalized spacial score (nSPS) is 11.6. The van der Waals surface area contributed by atoms with Crippen LogP contribution in [-0.2, 0) is 11.2 Å². The number of allylic oxidation sites excluding steroid dienone is 1. The maximum absolute atomic E-state index is 10.8. The maximum atomic E-state index is 10.8. The zero-order valence-electron chi connectivity index (χ0n) is 9.26. The molecule has 0 aromatic heterocycles. The van der Waals surface area contributed by atoms with Crippen molar-refractivity contribution >= 4 is 17.1 Å². The van der Waals surface area contributed by atoms with Gasteiger partial charge in [0.05, 0.1) is 0 Å². The molecule has 0 unspecified atom stereocenters. The van der Waals surface area contributed by atoms with Gasteiger partial charge in [-0.1, -0.05) is 30.3 Å². The quantitative estimate of drug-likeness (QED) is 0.623. The summed E-state index contributed by atoms with van der Waals surface area (Å²) in [6.07, 6.45) is 2.32. The van der Waals surface area contributed by atoms with E-state index in [9.17, 15) is 9.90 Å². The van der Waals surface area contributed by atoms with Gasteiger partial charge in [0.25, 0.3) is 0 Å². The molecule has 86 valence electrons. The number of carbonyl (C=O) groups is 1. The van der Waals surface area contributed by atoms with Gasteiger partial charge >= 0.3 is 0 Å². The van der Waals surface area contributed by atoms with Crippen molar-refractivity contribution in [2.45, 2.75) is 6.42 Å². The lowest BCUT2D eigenvalue weighted by molar-refractivity contribution is -0.105. The second-order valence-corrected chi connectivity index (χ2v) is 3.82. The Morgan fingerprint density at radius 3 is 2.71 bits per heavy atom. The van der Waals surface area contributed by atoms with Crippen molar-refractivity contribution in [3.8, 4) is 5.75 Å². The molecular weight excluding hydrogens is 214 g/mol. The van der Waals surface area contributed by atoms with Gasteiger partial charge in [-0.15, -0.1) is 0 Å². The molecule has 2 aromatic rings. The average molecular weight is 227 g/mol. The van der Waals surface area contributed by atoms with Gasteiger partial charge in [-0.25, -0.2) is 0 Å². The van der Waals surface area contributed by atoms with Crippen molar-refractivity contribution in [2.24, 2.45) is 5.73 Å². The van der Waals surface area contributed by atoms with Crippen LogP contribution in [0.2, 0.25) is 0 Å². The lowest BCUT2D eigenvalue weighted by atomic mass is 9.98. The Bertz CT molecular complexity index is 588. The van der Waals surface area contributed by atoms with Crippen LogP contribution in [0.5, 0.6) is 5.75 Å². The van der Waals surface area contributed by atoms with Crippen molar-refractivity contribution < 1.29 is 9.90 Å². The molecule has 3 nitrogen and oxygen atoms in total. The van der Waals surface area contributed by atoms with Gasteiger partial charge in [-0.3, -0.25) is 4.79 Å². The number of phenolic OH excluding ortho intramolecular Hbond substituents is 1. The predicted octanol–water partition coefficient (Wildman–Crippen LogP) is 2.13. The van der Waals surface area contributed by atoms with E-state index in [4.69, 9.17) is 5.73 Å². The Balaban J connectivity index is 2.58. The number of fused-ring (bicyclic) bond motifs is 1. The lowest BCUT2D eigenvalue weighted by Crippen LogP contribution is -1.97. The number of rotatable bonds is 3. The highest BCUT2D eigenvalue weighted by atomic mass is 16.3. The minimum Gasteiger partial charge on any atom is -0.508 e. The molecule has 2 rings (SSSR count). The molecular formula is C14H13NO2. The van der Waals surface area contributed by atoms with E-state index in [1.165, 1.54) is 6.20 Å². The van der Waals surface area contributed by atoms with E-state index < -0.39 is 0 Å². The molecule has 0 radical (unpaired) electrons. The fraction of sp³-hybridized carbons (Fsp3) is 0.0714. The molecule has 0 bridgehead atoms. The van der Waals surface area contributed by atoms with Crippen molar-refractivity contribution in [2.75, 3.05) is 0 Å². The topological polar surface area (TPSA) is 63.3 Å². The number of carbonyl (C=O) groups excluding carboxylic acids is 1. The molecule has 0 saturated heterocycles. The average Bonchev–Trinajstić information content (AvgIpc) is 2.38. The summed E-state index contributed by atoms with van der Waals surface area (Å²) in [5.41, 5.74) is 6.53. The first-order chi connectivity index (χ1) is 8.26. The van der Waals surface area contributed by atoms with Crippen LogP contribution in [-0.4, -0.2) is 11.4 Å². The number of aldehydes is 1. The molecule has 0 aliphatic heterocycles. The summed E-state index contributed by atoms with van der Waals surface area (Å²) in [7, 11) is 0. The van der Waals surface area contributed by atoms with Gasteiger partial charge in [0.15, 0.2) is 0 Å². The molecule has 2 aromatic carbocycles.